The molecule has 2 heterocycles. The highest BCUT2D eigenvalue weighted by molar-refractivity contribution is 7.10. The van der Waals surface area contributed by atoms with Gasteiger partial charge in [0.05, 0.1) is 6.04 Å². The largest absolute Gasteiger partial charge is 0.322 e. The zero-order valence-corrected chi connectivity index (χ0v) is 11.8. The number of nitrogens with two attached hydrogens (primary N) is 1. The standard InChI is InChI=1S/C13H23N3S/c1-10-7-16(9-12(10)15(2)3)8-11(14)13-5-4-6-17-13/h4-6,10-12H,7-9,14H2,1-3H3. The summed E-state index contributed by atoms with van der Waals surface area (Å²) >= 11 is 1.76. The summed E-state index contributed by atoms with van der Waals surface area (Å²) in [5, 5.41) is 2.10. The van der Waals surface area contributed by atoms with Crippen molar-refractivity contribution in [2.75, 3.05) is 33.7 Å². The minimum Gasteiger partial charge on any atom is -0.322 e. The average Bonchev–Trinajstić information content (AvgIpc) is 2.86. The summed E-state index contributed by atoms with van der Waals surface area (Å²) in [6.45, 7) is 5.63. The highest BCUT2D eigenvalue weighted by Gasteiger charge is 2.31. The first-order valence-electron chi connectivity index (χ1n) is 6.25. The van der Waals surface area contributed by atoms with Crippen LogP contribution in [0.15, 0.2) is 17.5 Å². The molecule has 1 aromatic heterocycles. The van der Waals surface area contributed by atoms with Crippen molar-refractivity contribution < 1.29 is 0 Å². The van der Waals surface area contributed by atoms with Gasteiger partial charge in [-0.2, -0.15) is 0 Å². The maximum absolute atomic E-state index is 6.24. The van der Waals surface area contributed by atoms with Crippen LogP contribution in [0.3, 0.4) is 0 Å². The zero-order chi connectivity index (χ0) is 12.4. The van der Waals surface area contributed by atoms with E-state index < -0.39 is 0 Å². The summed E-state index contributed by atoms with van der Waals surface area (Å²) in [4.78, 5) is 6.13. The van der Waals surface area contributed by atoms with Crippen LogP contribution in [-0.2, 0) is 0 Å². The number of thiophene rings is 1. The molecule has 0 saturated carbocycles. The van der Waals surface area contributed by atoms with Crippen LogP contribution >= 0.6 is 11.3 Å². The number of likely N-dealkylation sites (tertiary alicyclic amines) is 1. The Morgan fingerprint density at radius 2 is 2.29 bits per heavy atom. The molecule has 1 fully saturated rings. The van der Waals surface area contributed by atoms with E-state index in [2.05, 4.69) is 48.3 Å². The Morgan fingerprint density at radius 3 is 2.82 bits per heavy atom. The Labute approximate surface area is 108 Å². The van der Waals surface area contributed by atoms with Crippen LogP contribution in [-0.4, -0.2) is 49.6 Å². The van der Waals surface area contributed by atoms with Crippen molar-refractivity contribution in [2.24, 2.45) is 11.7 Å². The van der Waals surface area contributed by atoms with E-state index in [-0.39, 0.29) is 6.04 Å². The van der Waals surface area contributed by atoms with Crippen LogP contribution in [0.5, 0.6) is 0 Å². The lowest BCUT2D eigenvalue weighted by Gasteiger charge is -2.23. The Morgan fingerprint density at radius 1 is 1.53 bits per heavy atom. The zero-order valence-electron chi connectivity index (χ0n) is 11.0. The van der Waals surface area contributed by atoms with E-state index in [9.17, 15) is 0 Å². The molecule has 1 saturated heterocycles. The fourth-order valence-electron chi connectivity index (χ4n) is 2.74. The molecule has 0 bridgehead atoms. The number of nitrogens with zero attached hydrogens (tertiary/aromatic N) is 2. The molecule has 17 heavy (non-hydrogen) atoms. The topological polar surface area (TPSA) is 32.5 Å². The normalized spacial score (nSPS) is 27.8. The molecule has 2 rings (SSSR count). The monoisotopic (exact) mass is 253 g/mol. The lowest BCUT2D eigenvalue weighted by Crippen LogP contribution is -2.35. The smallest absolute Gasteiger partial charge is 0.0519 e. The average molecular weight is 253 g/mol. The lowest BCUT2D eigenvalue weighted by molar-refractivity contribution is 0.248. The maximum atomic E-state index is 6.24. The maximum Gasteiger partial charge on any atom is 0.0519 e. The van der Waals surface area contributed by atoms with Gasteiger partial charge in [0.2, 0.25) is 0 Å². The van der Waals surface area contributed by atoms with E-state index in [0.29, 0.717) is 6.04 Å². The highest BCUT2D eigenvalue weighted by Crippen LogP contribution is 2.23. The Balaban J connectivity index is 1.89. The molecular formula is C13H23N3S. The van der Waals surface area contributed by atoms with Gasteiger partial charge in [0.1, 0.15) is 0 Å². The first-order valence-corrected chi connectivity index (χ1v) is 7.13. The molecular weight excluding hydrogens is 230 g/mol. The van der Waals surface area contributed by atoms with Gasteiger partial charge in [-0.15, -0.1) is 11.3 Å². The molecule has 1 aromatic rings. The molecule has 1 aliphatic heterocycles. The first-order chi connectivity index (χ1) is 8.08. The molecule has 96 valence electrons. The Bertz CT molecular complexity index is 336. The van der Waals surface area contributed by atoms with Gasteiger partial charge >= 0.3 is 0 Å². The quantitative estimate of drug-likeness (QED) is 0.885. The third-order valence-corrected chi connectivity index (χ3v) is 4.68. The van der Waals surface area contributed by atoms with Crippen molar-refractivity contribution in [3.05, 3.63) is 22.4 Å². The molecule has 3 unspecified atom stereocenters. The van der Waals surface area contributed by atoms with Crippen LogP contribution in [0.2, 0.25) is 0 Å². The van der Waals surface area contributed by atoms with Crippen molar-refractivity contribution in [3.8, 4) is 0 Å². The van der Waals surface area contributed by atoms with Crippen molar-refractivity contribution in [2.45, 2.75) is 19.0 Å². The minimum absolute atomic E-state index is 0.170. The summed E-state index contributed by atoms with van der Waals surface area (Å²) in [7, 11) is 4.34. The predicted octanol–water partition coefficient (Wildman–Crippen LogP) is 1.63. The third-order valence-electron chi connectivity index (χ3n) is 3.68. The van der Waals surface area contributed by atoms with Crippen molar-refractivity contribution >= 4 is 11.3 Å². The van der Waals surface area contributed by atoms with E-state index in [0.717, 1.165) is 19.0 Å². The number of likely N-dealkylation sites (N-methyl/N-ethyl adjacent to an activating group) is 1. The summed E-state index contributed by atoms with van der Waals surface area (Å²) in [5.74, 6) is 0.737. The summed E-state index contributed by atoms with van der Waals surface area (Å²) in [6, 6.07) is 5.06. The lowest BCUT2D eigenvalue weighted by atomic mass is 10.1. The molecule has 0 aromatic carbocycles. The number of rotatable bonds is 4. The van der Waals surface area contributed by atoms with E-state index in [1.165, 1.54) is 11.4 Å². The van der Waals surface area contributed by atoms with Gasteiger partial charge in [0, 0.05) is 30.6 Å². The van der Waals surface area contributed by atoms with Gasteiger partial charge in [-0.3, -0.25) is 4.90 Å². The van der Waals surface area contributed by atoms with Gasteiger partial charge < -0.3 is 10.6 Å². The molecule has 4 heteroatoms. The van der Waals surface area contributed by atoms with Gasteiger partial charge in [0.15, 0.2) is 0 Å². The molecule has 2 N–H and O–H groups in total. The third kappa shape index (κ3) is 3.07. The molecule has 0 spiro atoms. The SMILES string of the molecule is CC1CN(CC(N)c2cccs2)CC1N(C)C. The molecule has 0 amide bonds. The summed E-state index contributed by atoms with van der Waals surface area (Å²) in [5.41, 5.74) is 6.24. The van der Waals surface area contributed by atoms with E-state index in [1.807, 2.05) is 0 Å². The second-order valence-electron chi connectivity index (χ2n) is 5.35. The molecule has 0 radical (unpaired) electrons. The summed E-state index contributed by atoms with van der Waals surface area (Å²) < 4.78 is 0. The second-order valence-corrected chi connectivity index (χ2v) is 6.33. The summed E-state index contributed by atoms with van der Waals surface area (Å²) in [6.07, 6.45) is 0. The Hall–Kier alpha value is -0.420. The molecule has 0 aliphatic carbocycles. The van der Waals surface area contributed by atoms with E-state index >= 15 is 0 Å². The van der Waals surface area contributed by atoms with E-state index in [1.54, 1.807) is 11.3 Å². The van der Waals surface area contributed by atoms with Gasteiger partial charge in [0.25, 0.3) is 0 Å². The van der Waals surface area contributed by atoms with Crippen molar-refractivity contribution in [1.29, 1.82) is 0 Å². The second kappa shape index (κ2) is 5.48. The van der Waals surface area contributed by atoms with Gasteiger partial charge in [-0.05, 0) is 31.5 Å². The van der Waals surface area contributed by atoms with Gasteiger partial charge in [-0.1, -0.05) is 13.0 Å². The first kappa shape index (κ1) is 13.0. The molecule has 3 atom stereocenters. The van der Waals surface area contributed by atoms with Crippen LogP contribution in [0, 0.1) is 5.92 Å². The van der Waals surface area contributed by atoms with Crippen molar-refractivity contribution in [3.63, 3.8) is 0 Å². The molecule has 3 nitrogen and oxygen atoms in total. The fraction of sp³-hybridized carbons (Fsp3) is 0.692. The van der Waals surface area contributed by atoms with Gasteiger partial charge in [-0.25, -0.2) is 0 Å². The van der Waals surface area contributed by atoms with E-state index in [4.69, 9.17) is 5.73 Å². The predicted molar refractivity (Wildman–Crippen MR) is 74.3 cm³/mol. The fourth-order valence-corrected chi connectivity index (χ4v) is 3.46. The van der Waals surface area contributed by atoms with Crippen LogP contribution in [0.1, 0.15) is 17.8 Å². The number of hydrogen-bond donors (Lipinski definition) is 1. The number of hydrogen-bond acceptors (Lipinski definition) is 4. The van der Waals surface area contributed by atoms with Crippen LogP contribution in [0.25, 0.3) is 0 Å². The highest BCUT2D eigenvalue weighted by atomic mass is 32.1. The van der Waals surface area contributed by atoms with Crippen LogP contribution in [0.4, 0.5) is 0 Å². The Kier molecular flexibility index (Phi) is 4.20. The molecule has 1 aliphatic rings. The minimum atomic E-state index is 0.170. The van der Waals surface area contributed by atoms with Crippen molar-refractivity contribution in [1.82, 2.24) is 9.80 Å². The van der Waals surface area contributed by atoms with Crippen LogP contribution < -0.4 is 5.73 Å².